The molecule has 4 rings (SSSR count). The molecule has 1 N–H and O–H groups in total. The average molecular weight is 389 g/mol. The minimum atomic E-state index is -0.294. The van der Waals surface area contributed by atoms with Crippen molar-refractivity contribution in [1.29, 1.82) is 0 Å². The van der Waals surface area contributed by atoms with Crippen LogP contribution >= 0.6 is 11.3 Å². The van der Waals surface area contributed by atoms with E-state index in [1.165, 1.54) is 23.5 Å². The van der Waals surface area contributed by atoms with Gasteiger partial charge in [-0.15, -0.1) is 11.3 Å². The molecule has 1 aromatic heterocycles. The van der Waals surface area contributed by atoms with Crippen LogP contribution in [0, 0.1) is 24.6 Å². The van der Waals surface area contributed by atoms with E-state index in [9.17, 15) is 9.18 Å². The van der Waals surface area contributed by atoms with E-state index in [4.69, 9.17) is 4.74 Å². The van der Waals surface area contributed by atoms with Crippen LogP contribution in [0.1, 0.15) is 33.2 Å². The number of nitrogens with zero attached hydrogens (tertiary/aromatic N) is 2. The molecule has 2 atom stereocenters. The molecule has 1 aromatic carbocycles. The predicted octanol–water partition coefficient (Wildman–Crippen LogP) is 3.24. The minimum absolute atomic E-state index is 0.0889. The van der Waals surface area contributed by atoms with Crippen LogP contribution in [0.5, 0.6) is 5.75 Å². The van der Waals surface area contributed by atoms with Crippen LogP contribution in [0.15, 0.2) is 24.3 Å². The first-order valence-corrected chi connectivity index (χ1v) is 10.3. The number of likely N-dealkylation sites (tertiary alicyclic amines) is 1. The molecule has 144 valence electrons. The first-order valence-electron chi connectivity index (χ1n) is 9.45. The number of aryl methyl sites for hydroxylation is 1. The summed E-state index contributed by atoms with van der Waals surface area (Å²) in [4.78, 5) is 20.2. The van der Waals surface area contributed by atoms with Gasteiger partial charge in [0.05, 0.1) is 5.69 Å². The van der Waals surface area contributed by atoms with Crippen molar-refractivity contribution in [3.63, 3.8) is 0 Å². The molecule has 7 heteroatoms. The number of thiazole rings is 1. The molecule has 0 saturated carbocycles. The van der Waals surface area contributed by atoms with Crippen LogP contribution in [0.4, 0.5) is 4.39 Å². The summed E-state index contributed by atoms with van der Waals surface area (Å²) in [5.74, 6) is 1.78. The third kappa shape index (κ3) is 4.14. The Bertz CT molecular complexity index is 794. The summed E-state index contributed by atoms with van der Waals surface area (Å²) in [5, 5.41) is 4.22. The van der Waals surface area contributed by atoms with Crippen LogP contribution in [-0.2, 0) is 6.61 Å². The molecule has 2 aromatic rings. The van der Waals surface area contributed by atoms with Crippen LogP contribution in [0.3, 0.4) is 0 Å². The van der Waals surface area contributed by atoms with Gasteiger partial charge in [0.25, 0.3) is 5.91 Å². The summed E-state index contributed by atoms with van der Waals surface area (Å²) in [7, 11) is 0. The second-order valence-electron chi connectivity index (χ2n) is 7.31. The molecule has 0 spiro atoms. The first kappa shape index (κ1) is 18.4. The van der Waals surface area contributed by atoms with E-state index in [-0.39, 0.29) is 18.3 Å². The highest BCUT2D eigenvalue weighted by Crippen LogP contribution is 2.29. The largest absolute Gasteiger partial charge is 0.486 e. The Hall–Kier alpha value is -1.99. The molecule has 2 aliphatic rings. The molecule has 0 unspecified atom stereocenters. The van der Waals surface area contributed by atoms with E-state index in [0.717, 1.165) is 49.7 Å². The summed E-state index contributed by atoms with van der Waals surface area (Å²) in [6, 6.07) is 5.90. The molecular formula is C20H24FN3O2S. The predicted molar refractivity (Wildman–Crippen MR) is 103 cm³/mol. The zero-order chi connectivity index (χ0) is 18.8. The Morgan fingerprint density at radius 1 is 1.26 bits per heavy atom. The van der Waals surface area contributed by atoms with Gasteiger partial charge in [0, 0.05) is 13.1 Å². The molecule has 5 nitrogen and oxygen atoms in total. The molecule has 2 fully saturated rings. The van der Waals surface area contributed by atoms with Gasteiger partial charge in [-0.05, 0) is 69.0 Å². The lowest BCUT2D eigenvalue weighted by atomic mass is 9.92. The number of ether oxygens (including phenoxy) is 1. The maximum absolute atomic E-state index is 13.0. The number of fused-ring (bicyclic) bond motifs is 1. The van der Waals surface area contributed by atoms with E-state index in [0.29, 0.717) is 22.5 Å². The number of rotatable bonds is 4. The number of nitrogens with one attached hydrogen (secondary N) is 1. The summed E-state index contributed by atoms with van der Waals surface area (Å²) in [5.41, 5.74) is 0.758. The van der Waals surface area contributed by atoms with Gasteiger partial charge in [0.2, 0.25) is 0 Å². The molecule has 2 saturated heterocycles. The number of halogens is 1. The number of aromatic nitrogens is 1. The van der Waals surface area contributed by atoms with Gasteiger partial charge in [0.1, 0.15) is 28.1 Å². The van der Waals surface area contributed by atoms with Crippen LogP contribution in [0.2, 0.25) is 0 Å². The van der Waals surface area contributed by atoms with Crippen molar-refractivity contribution < 1.29 is 13.9 Å². The van der Waals surface area contributed by atoms with Gasteiger partial charge in [-0.25, -0.2) is 9.37 Å². The highest BCUT2D eigenvalue weighted by Gasteiger charge is 2.32. The highest BCUT2D eigenvalue weighted by molar-refractivity contribution is 7.13. The fourth-order valence-electron chi connectivity index (χ4n) is 3.95. The lowest BCUT2D eigenvalue weighted by Crippen LogP contribution is -2.32. The first-order chi connectivity index (χ1) is 13.1. The average Bonchev–Trinajstić information content (AvgIpc) is 3.22. The number of amides is 1. The van der Waals surface area contributed by atoms with E-state index < -0.39 is 0 Å². The third-order valence-electron chi connectivity index (χ3n) is 5.52. The second kappa shape index (κ2) is 7.94. The fourth-order valence-corrected chi connectivity index (χ4v) is 4.90. The molecule has 0 aliphatic carbocycles. The molecule has 2 aliphatic heterocycles. The fraction of sp³-hybridized carbons (Fsp3) is 0.500. The van der Waals surface area contributed by atoms with Gasteiger partial charge in [-0.3, -0.25) is 4.79 Å². The quantitative estimate of drug-likeness (QED) is 0.872. The lowest BCUT2D eigenvalue weighted by Gasteiger charge is -2.20. The zero-order valence-electron chi connectivity index (χ0n) is 15.4. The summed E-state index contributed by atoms with van der Waals surface area (Å²) >= 11 is 1.40. The number of carbonyl (C=O) groups excluding carboxylic acids is 1. The highest BCUT2D eigenvalue weighted by atomic mass is 32.1. The van der Waals surface area contributed by atoms with Crippen LogP contribution in [0.25, 0.3) is 0 Å². The number of hydrogen-bond acceptors (Lipinski definition) is 5. The summed E-state index contributed by atoms with van der Waals surface area (Å²) in [6.45, 7) is 5.96. The van der Waals surface area contributed by atoms with E-state index >= 15 is 0 Å². The lowest BCUT2D eigenvalue weighted by molar-refractivity contribution is 0.0762. The maximum atomic E-state index is 13.0. The number of benzene rings is 1. The molecule has 3 heterocycles. The van der Waals surface area contributed by atoms with Crippen molar-refractivity contribution in [2.24, 2.45) is 11.8 Å². The molecule has 1 amide bonds. The minimum Gasteiger partial charge on any atom is -0.486 e. The van der Waals surface area contributed by atoms with Crippen molar-refractivity contribution >= 4 is 17.2 Å². The van der Waals surface area contributed by atoms with Crippen LogP contribution < -0.4 is 10.1 Å². The van der Waals surface area contributed by atoms with Crippen molar-refractivity contribution in [3.8, 4) is 5.75 Å². The smallest absolute Gasteiger partial charge is 0.265 e. The van der Waals surface area contributed by atoms with Gasteiger partial charge in [-0.1, -0.05) is 0 Å². The van der Waals surface area contributed by atoms with Gasteiger partial charge in [-0.2, -0.15) is 0 Å². The van der Waals surface area contributed by atoms with Crippen molar-refractivity contribution in [2.45, 2.75) is 26.4 Å². The normalized spacial score (nSPS) is 22.4. The Morgan fingerprint density at radius 2 is 1.93 bits per heavy atom. The third-order valence-corrected chi connectivity index (χ3v) is 6.64. The zero-order valence-corrected chi connectivity index (χ0v) is 16.2. The number of hydrogen-bond donors (Lipinski definition) is 1. The van der Waals surface area contributed by atoms with Gasteiger partial charge < -0.3 is 15.0 Å². The Labute approximate surface area is 162 Å². The molecule has 0 bridgehead atoms. The molecule has 0 radical (unpaired) electrons. The Kier molecular flexibility index (Phi) is 5.41. The molecular weight excluding hydrogens is 365 g/mol. The topological polar surface area (TPSA) is 54.5 Å². The SMILES string of the molecule is Cc1nc(COc2ccc(F)cc2)sc1C(=O)N1CC[C@@H]2CNC[C@@H]2CC1. The van der Waals surface area contributed by atoms with E-state index in [1.807, 2.05) is 11.8 Å². The van der Waals surface area contributed by atoms with E-state index in [2.05, 4.69) is 10.3 Å². The van der Waals surface area contributed by atoms with Gasteiger partial charge in [0.15, 0.2) is 0 Å². The van der Waals surface area contributed by atoms with Gasteiger partial charge >= 0.3 is 0 Å². The van der Waals surface area contributed by atoms with Crippen molar-refractivity contribution in [1.82, 2.24) is 15.2 Å². The second-order valence-corrected chi connectivity index (χ2v) is 8.40. The molecule has 27 heavy (non-hydrogen) atoms. The van der Waals surface area contributed by atoms with E-state index in [1.54, 1.807) is 12.1 Å². The van der Waals surface area contributed by atoms with Crippen LogP contribution in [-0.4, -0.2) is 42.0 Å². The Morgan fingerprint density at radius 3 is 2.59 bits per heavy atom. The Balaban J connectivity index is 1.39. The van der Waals surface area contributed by atoms with Crippen molar-refractivity contribution in [2.75, 3.05) is 26.2 Å². The maximum Gasteiger partial charge on any atom is 0.265 e. The number of carbonyl (C=O) groups is 1. The summed E-state index contributed by atoms with van der Waals surface area (Å²) in [6.07, 6.45) is 2.14. The monoisotopic (exact) mass is 389 g/mol. The summed E-state index contributed by atoms with van der Waals surface area (Å²) < 4.78 is 18.6. The standard InChI is InChI=1S/C20H24FN3O2S/c1-13-19(20(25)24-8-6-14-10-22-11-15(14)7-9-24)27-18(23-13)12-26-17-4-2-16(21)3-5-17/h2-5,14-15,22H,6-12H2,1H3/t14-,15+. The van der Waals surface area contributed by atoms with Crippen molar-refractivity contribution in [3.05, 3.63) is 45.7 Å².